The van der Waals surface area contributed by atoms with Gasteiger partial charge in [-0.05, 0) is 26.3 Å². The van der Waals surface area contributed by atoms with E-state index in [1.54, 1.807) is 0 Å². The minimum Gasteiger partial charge on any atom is -0.461 e. The van der Waals surface area contributed by atoms with Crippen LogP contribution in [0, 0.1) is 0 Å². The summed E-state index contributed by atoms with van der Waals surface area (Å²) in [7, 11) is 0. The number of rotatable bonds is 3. The number of esters is 1. The highest BCUT2D eigenvalue weighted by molar-refractivity contribution is 9.11. The molecule has 0 spiro atoms. The number of carbonyl (C=O) groups is 1. The average molecular weight is 329 g/mol. The van der Waals surface area contributed by atoms with E-state index in [1.807, 2.05) is 32.1 Å². The summed E-state index contributed by atoms with van der Waals surface area (Å²) in [5.74, 6) is -0.142. The number of nitrogens with zero attached hydrogens (tertiary/aromatic N) is 1. The van der Waals surface area contributed by atoms with Crippen molar-refractivity contribution in [2.75, 3.05) is 26.2 Å². The van der Waals surface area contributed by atoms with Gasteiger partial charge in [-0.15, -0.1) is 0 Å². The monoisotopic (exact) mass is 328 g/mol. The van der Waals surface area contributed by atoms with Gasteiger partial charge in [0.25, 0.3) is 0 Å². The van der Waals surface area contributed by atoms with Gasteiger partial charge in [0.05, 0.1) is 6.10 Å². The maximum atomic E-state index is 12.6. The van der Waals surface area contributed by atoms with Crippen LogP contribution in [0.3, 0.4) is 0 Å². The van der Waals surface area contributed by atoms with Crippen LogP contribution in [0.5, 0.6) is 0 Å². The van der Waals surface area contributed by atoms with Crippen molar-refractivity contribution in [3.63, 3.8) is 0 Å². The Morgan fingerprint density at radius 3 is 2.68 bits per heavy atom. The Hall–Kier alpha value is -0.650. The average Bonchev–Trinajstić information content (AvgIpc) is 2.40. The summed E-state index contributed by atoms with van der Waals surface area (Å²) >= 11 is 3.46. The van der Waals surface area contributed by atoms with Gasteiger partial charge in [-0.3, -0.25) is 4.90 Å². The van der Waals surface area contributed by atoms with Crippen LogP contribution in [-0.2, 0) is 9.53 Å². The molecular formula is C14H21BrN2O2. The highest BCUT2D eigenvalue weighted by Gasteiger charge is 2.44. The maximum absolute atomic E-state index is 12.6. The molecule has 1 heterocycles. The molecule has 2 rings (SSSR count). The van der Waals surface area contributed by atoms with E-state index in [2.05, 4.69) is 26.1 Å². The summed E-state index contributed by atoms with van der Waals surface area (Å²) in [4.78, 5) is 14.8. The lowest BCUT2D eigenvalue weighted by atomic mass is 9.88. The summed E-state index contributed by atoms with van der Waals surface area (Å²) in [6, 6.07) is 0. The van der Waals surface area contributed by atoms with E-state index in [9.17, 15) is 4.79 Å². The van der Waals surface area contributed by atoms with Gasteiger partial charge in [0.15, 0.2) is 0 Å². The molecule has 1 atom stereocenters. The third kappa shape index (κ3) is 3.27. The minimum absolute atomic E-state index is 0.0879. The summed E-state index contributed by atoms with van der Waals surface area (Å²) in [6.45, 7) is 7.33. The number of carbonyl (C=O) groups excluding carboxylic acids is 1. The fraction of sp³-hybridized carbons (Fsp3) is 0.643. The SMILES string of the molecule is CC(C)OC(=O)[C@@]1(N2CCNCC2)C=CC(Br)=CC1. The zero-order valence-corrected chi connectivity index (χ0v) is 13.1. The molecule has 1 aliphatic heterocycles. The summed E-state index contributed by atoms with van der Waals surface area (Å²) < 4.78 is 6.51. The van der Waals surface area contributed by atoms with Gasteiger partial charge in [-0.1, -0.05) is 28.1 Å². The molecule has 1 fully saturated rings. The van der Waals surface area contributed by atoms with Crippen molar-refractivity contribution < 1.29 is 9.53 Å². The first kappa shape index (κ1) is 14.8. The van der Waals surface area contributed by atoms with E-state index in [-0.39, 0.29) is 12.1 Å². The number of ether oxygens (including phenoxy) is 1. The van der Waals surface area contributed by atoms with Crippen LogP contribution in [-0.4, -0.2) is 48.7 Å². The lowest BCUT2D eigenvalue weighted by Crippen LogP contribution is -2.60. The minimum atomic E-state index is -0.635. The van der Waals surface area contributed by atoms with Gasteiger partial charge < -0.3 is 10.1 Å². The molecule has 4 nitrogen and oxygen atoms in total. The Morgan fingerprint density at radius 1 is 1.47 bits per heavy atom. The van der Waals surface area contributed by atoms with Crippen molar-refractivity contribution in [1.82, 2.24) is 10.2 Å². The molecular weight excluding hydrogens is 308 g/mol. The molecule has 2 aliphatic rings. The van der Waals surface area contributed by atoms with Crippen molar-refractivity contribution >= 4 is 21.9 Å². The van der Waals surface area contributed by atoms with Gasteiger partial charge in [0.2, 0.25) is 0 Å². The highest BCUT2D eigenvalue weighted by atomic mass is 79.9. The molecule has 0 aromatic carbocycles. The van der Waals surface area contributed by atoms with E-state index in [0.717, 1.165) is 30.7 Å². The topological polar surface area (TPSA) is 41.6 Å². The van der Waals surface area contributed by atoms with Crippen LogP contribution in [0.4, 0.5) is 0 Å². The van der Waals surface area contributed by atoms with Gasteiger partial charge in [0, 0.05) is 30.7 Å². The van der Waals surface area contributed by atoms with E-state index in [0.29, 0.717) is 6.42 Å². The third-order valence-electron chi connectivity index (χ3n) is 3.50. The van der Waals surface area contributed by atoms with Gasteiger partial charge in [-0.25, -0.2) is 4.79 Å². The van der Waals surface area contributed by atoms with Crippen LogP contribution in [0.15, 0.2) is 22.7 Å². The molecule has 1 aliphatic carbocycles. The number of allylic oxidation sites excluding steroid dienone is 2. The van der Waals surface area contributed by atoms with E-state index >= 15 is 0 Å². The van der Waals surface area contributed by atoms with Gasteiger partial charge >= 0.3 is 5.97 Å². The third-order valence-corrected chi connectivity index (χ3v) is 4.09. The Bertz CT molecular complexity index is 400. The molecule has 0 bridgehead atoms. The first-order valence-electron chi connectivity index (χ1n) is 6.76. The maximum Gasteiger partial charge on any atom is 0.331 e. The van der Waals surface area contributed by atoms with Crippen LogP contribution in [0.1, 0.15) is 20.3 Å². The molecule has 5 heteroatoms. The molecule has 1 saturated heterocycles. The fourth-order valence-corrected chi connectivity index (χ4v) is 2.80. The van der Waals surface area contributed by atoms with E-state index in [1.165, 1.54) is 0 Å². The zero-order valence-electron chi connectivity index (χ0n) is 11.5. The number of halogens is 1. The smallest absolute Gasteiger partial charge is 0.331 e. The van der Waals surface area contributed by atoms with Crippen molar-refractivity contribution in [2.45, 2.75) is 31.9 Å². The summed E-state index contributed by atoms with van der Waals surface area (Å²) in [5.41, 5.74) is -0.635. The standard InChI is InChI=1S/C14H21BrN2O2/c1-11(2)19-13(18)14(5-3-12(15)4-6-14)17-9-7-16-8-10-17/h3-5,11,16H,6-10H2,1-2H3/t14-/m1/s1. The number of nitrogens with one attached hydrogen (secondary N) is 1. The molecule has 0 aromatic rings. The molecule has 0 aromatic heterocycles. The molecule has 0 unspecified atom stereocenters. The van der Waals surface area contributed by atoms with Crippen LogP contribution >= 0.6 is 15.9 Å². The quantitative estimate of drug-likeness (QED) is 0.802. The van der Waals surface area contributed by atoms with Crippen LogP contribution in [0.2, 0.25) is 0 Å². The molecule has 0 saturated carbocycles. The van der Waals surface area contributed by atoms with Crippen molar-refractivity contribution in [3.05, 3.63) is 22.7 Å². The predicted molar refractivity (Wildman–Crippen MR) is 79.2 cm³/mol. The normalized spacial score (nSPS) is 28.3. The van der Waals surface area contributed by atoms with Gasteiger partial charge in [0.1, 0.15) is 5.54 Å². The molecule has 19 heavy (non-hydrogen) atoms. The van der Waals surface area contributed by atoms with Crippen molar-refractivity contribution in [3.8, 4) is 0 Å². The second-order valence-electron chi connectivity index (χ2n) is 5.24. The van der Waals surface area contributed by atoms with E-state index in [4.69, 9.17) is 4.74 Å². The van der Waals surface area contributed by atoms with Crippen LogP contribution in [0.25, 0.3) is 0 Å². The molecule has 0 amide bonds. The number of hydrogen-bond acceptors (Lipinski definition) is 4. The van der Waals surface area contributed by atoms with Crippen molar-refractivity contribution in [1.29, 1.82) is 0 Å². The first-order valence-corrected chi connectivity index (χ1v) is 7.55. The van der Waals surface area contributed by atoms with Crippen LogP contribution < -0.4 is 5.32 Å². The lowest BCUT2D eigenvalue weighted by molar-refractivity contribution is -0.159. The Balaban J connectivity index is 2.23. The second kappa shape index (κ2) is 6.20. The first-order chi connectivity index (χ1) is 9.04. The zero-order chi connectivity index (χ0) is 13.9. The molecule has 1 N–H and O–H groups in total. The van der Waals surface area contributed by atoms with E-state index < -0.39 is 5.54 Å². The predicted octanol–water partition coefficient (Wildman–Crippen LogP) is 1.82. The second-order valence-corrected chi connectivity index (χ2v) is 6.16. The Kier molecular flexibility index (Phi) is 4.81. The summed E-state index contributed by atoms with van der Waals surface area (Å²) in [5, 5.41) is 3.32. The largest absolute Gasteiger partial charge is 0.461 e. The van der Waals surface area contributed by atoms with Gasteiger partial charge in [-0.2, -0.15) is 0 Å². The van der Waals surface area contributed by atoms with Crippen molar-refractivity contribution in [2.24, 2.45) is 0 Å². The lowest BCUT2D eigenvalue weighted by Gasteiger charge is -2.43. The molecule has 0 radical (unpaired) electrons. The Morgan fingerprint density at radius 2 is 2.16 bits per heavy atom. The number of piperazine rings is 1. The Labute approximate surface area is 123 Å². The fourth-order valence-electron chi connectivity index (χ4n) is 2.50. The molecule has 106 valence electrons. The highest BCUT2D eigenvalue weighted by Crippen LogP contribution is 2.31. The number of hydrogen-bond donors (Lipinski definition) is 1. The summed E-state index contributed by atoms with van der Waals surface area (Å²) in [6.07, 6.45) is 6.55.